The molecule has 1 aliphatic rings. The van der Waals surface area contributed by atoms with Gasteiger partial charge >= 0.3 is 0 Å². The summed E-state index contributed by atoms with van der Waals surface area (Å²) in [5.41, 5.74) is 6.63. The number of hydrogen-bond donors (Lipinski definition) is 1. The predicted octanol–water partition coefficient (Wildman–Crippen LogP) is 3.77. The second-order valence-corrected chi connectivity index (χ2v) is 7.79. The molecular weight excluding hydrogens is 302 g/mol. The van der Waals surface area contributed by atoms with Gasteiger partial charge in [0, 0.05) is 0 Å². The number of hydrogen-bond acceptors (Lipinski definition) is 5. The summed E-state index contributed by atoms with van der Waals surface area (Å²) in [6.45, 7) is 9.15. The maximum Gasteiger partial charge on any atom is 0.236 e. The van der Waals surface area contributed by atoms with Crippen LogP contribution in [0.3, 0.4) is 0 Å². The smallest absolute Gasteiger partial charge is 0.236 e. The summed E-state index contributed by atoms with van der Waals surface area (Å²) < 4.78 is 11.3. The van der Waals surface area contributed by atoms with Gasteiger partial charge in [-0.05, 0) is 56.7 Å². The SMILES string of the molecule is CC(C)COc1ccc(C(C)(C)c2nc(C3(N)CCC3)no2)cc1. The van der Waals surface area contributed by atoms with Crippen molar-refractivity contribution in [3.8, 4) is 5.75 Å². The first-order chi connectivity index (χ1) is 11.3. The third-order valence-electron chi connectivity index (χ3n) is 4.81. The fraction of sp³-hybridized carbons (Fsp3) is 0.579. The van der Waals surface area contributed by atoms with E-state index in [9.17, 15) is 0 Å². The third-order valence-corrected chi connectivity index (χ3v) is 4.81. The van der Waals surface area contributed by atoms with Gasteiger partial charge in [-0.2, -0.15) is 4.98 Å². The van der Waals surface area contributed by atoms with Gasteiger partial charge in [0.05, 0.1) is 17.6 Å². The Balaban J connectivity index is 1.77. The molecule has 5 nitrogen and oxygen atoms in total. The lowest BCUT2D eigenvalue weighted by Gasteiger charge is -2.34. The highest BCUT2D eigenvalue weighted by molar-refractivity contribution is 5.35. The van der Waals surface area contributed by atoms with Crippen LogP contribution in [0, 0.1) is 5.92 Å². The average Bonchev–Trinajstić information content (AvgIpc) is 3.02. The highest BCUT2D eigenvalue weighted by Crippen LogP contribution is 2.39. The van der Waals surface area contributed by atoms with Gasteiger partial charge in [0.15, 0.2) is 5.82 Å². The minimum absolute atomic E-state index is 0.373. The van der Waals surface area contributed by atoms with E-state index in [1.54, 1.807) is 0 Å². The first-order valence-corrected chi connectivity index (χ1v) is 8.68. The lowest BCUT2D eigenvalue weighted by atomic mass is 9.77. The van der Waals surface area contributed by atoms with E-state index in [1.807, 2.05) is 12.1 Å². The summed E-state index contributed by atoms with van der Waals surface area (Å²) >= 11 is 0. The number of nitrogens with zero attached hydrogens (tertiary/aromatic N) is 2. The average molecular weight is 329 g/mol. The second kappa shape index (κ2) is 6.20. The molecule has 1 aliphatic carbocycles. The van der Waals surface area contributed by atoms with Crippen LogP contribution in [0.25, 0.3) is 0 Å². The Morgan fingerprint density at radius 1 is 1.25 bits per heavy atom. The number of benzene rings is 1. The highest BCUT2D eigenvalue weighted by atomic mass is 16.5. The Morgan fingerprint density at radius 2 is 1.92 bits per heavy atom. The molecule has 2 N–H and O–H groups in total. The van der Waals surface area contributed by atoms with E-state index in [-0.39, 0.29) is 5.41 Å². The maximum absolute atomic E-state index is 6.30. The summed E-state index contributed by atoms with van der Waals surface area (Å²) in [6, 6.07) is 8.10. The summed E-state index contributed by atoms with van der Waals surface area (Å²) in [5, 5.41) is 4.13. The zero-order valence-corrected chi connectivity index (χ0v) is 15.0. The van der Waals surface area contributed by atoms with Gasteiger partial charge in [-0.15, -0.1) is 0 Å². The van der Waals surface area contributed by atoms with Crippen molar-refractivity contribution in [2.45, 2.75) is 57.9 Å². The number of nitrogens with two attached hydrogens (primary N) is 1. The highest BCUT2D eigenvalue weighted by Gasteiger charge is 2.40. The molecule has 0 radical (unpaired) electrons. The second-order valence-electron chi connectivity index (χ2n) is 7.79. The van der Waals surface area contributed by atoms with Crippen LogP contribution in [-0.4, -0.2) is 16.7 Å². The van der Waals surface area contributed by atoms with Crippen LogP contribution < -0.4 is 10.5 Å². The van der Waals surface area contributed by atoms with E-state index >= 15 is 0 Å². The topological polar surface area (TPSA) is 74.2 Å². The van der Waals surface area contributed by atoms with E-state index in [2.05, 4.69) is 50.0 Å². The zero-order chi connectivity index (χ0) is 17.4. The van der Waals surface area contributed by atoms with Crippen LogP contribution in [0.5, 0.6) is 5.75 Å². The van der Waals surface area contributed by atoms with Crippen molar-refractivity contribution in [1.82, 2.24) is 10.1 Å². The molecule has 0 atom stereocenters. The molecule has 3 rings (SSSR count). The summed E-state index contributed by atoms with van der Waals surface area (Å²) in [5.74, 6) is 2.62. The lowest BCUT2D eigenvalue weighted by Crippen LogP contribution is -2.44. The molecule has 1 saturated carbocycles. The zero-order valence-electron chi connectivity index (χ0n) is 15.0. The van der Waals surface area contributed by atoms with Gasteiger partial charge in [0.25, 0.3) is 0 Å². The van der Waals surface area contributed by atoms with Gasteiger partial charge in [-0.3, -0.25) is 0 Å². The van der Waals surface area contributed by atoms with Gasteiger partial charge < -0.3 is 15.0 Å². The normalized spacial score (nSPS) is 16.9. The van der Waals surface area contributed by atoms with Crippen molar-refractivity contribution in [3.05, 3.63) is 41.5 Å². The molecule has 2 aromatic rings. The van der Waals surface area contributed by atoms with E-state index in [0.717, 1.165) is 30.6 Å². The summed E-state index contributed by atoms with van der Waals surface area (Å²) in [4.78, 5) is 4.60. The molecule has 0 unspecified atom stereocenters. The first kappa shape index (κ1) is 17.0. The van der Waals surface area contributed by atoms with Crippen LogP contribution >= 0.6 is 0 Å². The lowest BCUT2D eigenvalue weighted by molar-refractivity contribution is 0.228. The fourth-order valence-corrected chi connectivity index (χ4v) is 2.82. The Hall–Kier alpha value is -1.88. The first-order valence-electron chi connectivity index (χ1n) is 8.68. The third kappa shape index (κ3) is 3.18. The molecule has 1 heterocycles. The fourth-order valence-electron chi connectivity index (χ4n) is 2.82. The van der Waals surface area contributed by atoms with Crippen molar-refractivity contribution in [2.24, 2.45) is 11.7 Å². The minimum atomic E-state index is -0.396. The van der Waals surface area contributed by atoms with E-state index in [1.165, 1.54) is 0 Å². The van der Waals surface area contributed by atoms with E-state index in [4.69, 9.17) is 15.0 Å². The van der Waals surface area contributed by atoms with E-state index in [0.29, 0.717) is 24.2 Å². The number of aromatic nitrogens is 2. The van der Waals surface area contributed by atoms with Crippen molar-refractivity contribution >= 4 is 0 Å². The molecule has 0 bridgehead atoms. The molecule has 0 amide bonds. The van der Waals surface area contributed by atoms with Crippen LogP contribution in [0.15, 0.2) is 28.8 Å². The molecular formula is C19H27N3O2. The largest absolute Gasteiger partial charge is 0.493 e. The van der Waals surface area contributed by atoms with Crippen LogP contribution in [-0.2, 0) is 11.0 Å². The van der Waals surface area contributed by atoms with Crippen molar-refractivity contribution < 1.29 is 9.26 Å². The number of ether oxygens (including phenoxy) is 1. The van der Waals surface area contributed by atoms with Gasteiger partial charge in [0.2, 0.25) is 5.89 Å². The standard InChI is InChI=1S/C19H27N3O2/c1-13(2)12-23-15-8-6-14(7-9-15)18(3,4)17-21-16(22-24-17)19(20)10-5-11-19/h6-9,13H,5,10-12,20H2,1-4H3. The molecule has 1 aromatic heterocycles. The molecule has 1 aromatic carbocycles. The van der Waals surface area contributed by atoms with Crippen LogP contribution in [0.4, 0.5) is 0 Å². The van der Waals surface area contributed by atoms with Crippen LogP contribution in [0.2, 0.25) is 0 Å². The summed E-state index contributed by atoms with van der Waals surface area (Å²) in [7, 11) is 0. The monoisotopic (exact) mass is 329 g/mol. The Labute approximate surface area is 143 Å². The van der Waals surface area contributed by atoms with Crippen molar-refractivity contribution in [1.29, 1.82) is 0 Å². The molecule has 1 fully saturated rings. The molecule has 0 aliphatic heterocycles. The van der Waals surface area contributed by atoms with Gasteiger partial charge in [0.1, 0.15) is 5.75 Å². The predicted molar refractivity (Wildman–Crippen MR) is 92.9 cm³/mol. The minimum Gasteiger partial charge on any atom is -0.493 e. The molecule has 130 valence electrons. The molecule has 0 spiro atoms. The summed E-state index contributed by atoms with van der Waals surface area (Å²) in [6.07, 6.45) is 2.98. The number of rotatable bonds is 6. The van der Waals surface area contributed by atoms with Crippen molar-refractivity contribution in [2.75, 3.05) is 6.61 Å². The molecule has 24 heavy (non-hydrogen) atoms. The van der Waals surface area contributed by atoms with E-state index < -0.39 is 5.54 Å². The maximum atomic E-state index is 6.30. The van der Waals surface area contributed by atoms with Gasteiger partial charge in [-0.25, -0.2) is 0 Å². The van der Waals surface area contributed by atoms with Crippen LogP contribution in [0.1, 0.15) is 64.2 Å². The Bertz CT molecular complexity index is 685. The molecule has 0 saturated heterocycles. The quantitative estimate of drug-likeness (QED) is 0.873. The van der Waals surface area contributed by atoms with Crippen molar-refractivity contribution in [3.63, 3.8) is 0 Å². The molecule has 5 heteroatoms. The Kier molecular flexibility index (Phi) is 4.38. The Morgan fingerprint density at radius 3 is 2.46 bits per heavy atom. The van der Waals surface area contributed by atoms with Gasteiger partial charge in [-0.1, -0.05) is 31.1 Å².